The number of carbonyl (C=O) groups excluding carboxylic acids is 2. The minimum atomic E-state index is -3.56. The Bertz CT molecular complexity index is 848. The average Bonchev–Trinajstić information content (AvgIpc) is 3.18. The van der Waals surface area contributed by atoms with E-state index in [4.69, 9.17) is 0 Å². The van der Waals surface area contributed by atoms with E-state index in [0.29, 0.717) is 50.1 Å². The molecule has 8 nitrogen and oxygen atoms in total. The van der Waals surface area contributed by atoms with Gasteiger partial charge in [-0.05, 0) is 37.0 Å². The second-order valence-corrected chi connectivity index (χ2v) is 9.65. The van der Waals surface area contributed by atoms with Gasteiger partial charge in [0.15, 0.2) is 0 Å². The van der Waals surface area contributed by atoms with Crippen LogP contribution in [-0.2, 0) is 14.8 Å². The van der Waals surface area contributed by atoms with E-state index in [9.17, 15) is 18.0 Å². The number of carbonyl (C=O) groups is 2. The zero-order chi connectivity index (χ0) is 21.2. The van der Waals surface area contributed by atoms with E-state index in [2.05, 4.69) is 19.2 Å². The van der Waals surface area contributed by atoms with Crippen molar-refractivity contribution in [1.29, 1.82) is 0 Å². The lowest BCUT2D eigenvalue weighted by Gasteiger charge is -2.37. The van der Waals surface area contributed by atoms with Gasteiger partial charge < -0.3 is 5.32 Å². The molecule has 160 valence electrons. The van der Waals surface area contributed by atoms with Crippen LogP contribution in [0.4, 0.5) is 4.79 Å². The minimum Gasteiger partial charge on any atom is -0.336 e. The first-order valence-electron chi connectivity index (χ1n) is 10.2. The molecule has 0 unspecified atom stereocenters. The molecule has 2 atom stereocenters. The van der Waals surface area contributed by atoms with Gasteiger partial charge >= 0.3 is 6.03 Å². The first-order valence-corrected chi connectivity index (χ1v) is 11.6. The van der Waals surface area contributed by atoms with Gasteiger partial charge in [-0.2, -0.15) is 4.31 Å². The van der Waals surface area contributed by atoms with Crippen molar-refractivity contribution in [3.8, 4) is 0 Å². The number of imide groups is 1. The summed E-state index contributed by atoms with van der Waals surface area (Å²) < 4.78 is 27.4. The maximum absolute atomic E-state index is 13.0. The van der Waals surface area contributed by atoms with Crippen LogP contribution in [0.15, 0.2) is 29.2 Å². The van der Waals surface area contributed by atoms with E-state index in [1.54, 1.807) is 19.1 Å². The molecule has 29 heavy (non-hydrogen) atoms. The number of sulfonamides is 1. The second-order valence-electron chi connectivity index (χ2n) is 7.72. The van der Waals surface area contributed by atoms with Gasteiger partial charge in [0.2, 0.25) is 15.9 Å². The third-order valence-corrected chi connectivity index (χ3v) is 7.91. The number of hydrogen-bond acceptors (Lipinski definition) is 5. The third-order valence-electron chi connectivity index (χ3n) is 6.00. The summed E-state index contributed by atoms with van der Waals surface area (Å²) in [7, 11) is -3.56. The van der Waals surface area contributed by atoms with Gasteiger partial charge in [-0.25, -0.2) is 13.2 Å². The van der Waals surface area contributed by atoms with Gasteiger partial charge in [0.05, 0.1) is 10.9 Å². The fourth-order valence-electron chi connectivity index (χ4n) is 3.75. The molecular formula is C20H30N4O4S. The van der Waals surface area contributed by atoms with Crippen molar-refractivity contribution >= 4 is 22.0 Å². The van der Waals surface area contributed by atoms with Gasteiger partial charge in [-0.15, -0.1) is 0 Å². The fraction of sp³-hybridized carbons (Fsp3) is 0.600. The molecule has 0 saturated carbocycles. The lowest BCUT2D eigenvalue weighted by Crippen LogP contribution is -2.55. The van der Waals surface area contributed by atoms with E-state index in [-0.39, 0.29) is 11.9 Å². The van der Waals surface area contributed by atoms with Crippen molar-refractivity contribution in [3.63, 3.8) is 0 Å². The molecule has 0 aliphatic carbocycles. The van der Waals surface area contributed by atoms with Crippen LogP contribution in [0.25, 0.3) is 0 Å². The summed E-state index contributed by atoms with van der Waals surface area (Å²) in [4.78, 5) is 27.7. The minimum absolute atomic E-state index is 0.239. The van der Waals surface area contributed by atoms with E-state index in [0.717, 1.165) is 12.0 Å². The lowest BCUT2D eigenvalue weighted by atomic mass is 9.99. The molecule has 3 amide bonds. The van der Waals surface area contributed by atoms with E-state index < -0.39 is 16.1 Å². The Balaban J connectivity index is 1.62. The number of benzene rings is 1. The van der Waals surface area contributed by atoms with Crippen molar-refractivity contribution in [2.45, 2.75) is 44.0 Å². The Morgan fingerprint density at radius 2 is 1.69 bits per heavy atom. The van der Waals surface area contributed by atoms with Gasteiger partial charge in [0, 0.05) is 39.3 Å². The number of hydrogen-bond donors (Lipinski definition) is 1. The molecule has 2 aliphatic rings. The molecule has 2 saturated heterocycles. The van der Waals surface area contributed by atoms with Crippen LogP contribution in [0.1, 0.15) is 38.7 Å². The quantitative estimate of drug-likeness (QED) is 0.749. The summed E-state index contributed by atoms with van der Waals surface area (Å²) >= 11 is 0. The lowest BCUT2D eigenvalue weighted by molar-refractivity contribution is -0.133. The number of nitrogens with zero attached hydrogens (tertiary/aromatic N) is 3. The Morgan fingerprint density at radius 1 is 1.07 bits per heavy atom. The Hall–Kier alpha value is -1.97. The average molecular weight is 423 g/mol. The van der Waals surface area contributed by atoms with Crippen molar-refractivity contribution in [1.82, 2.24) is 19.4 Å². The molecule has 1 N–H and O–H groups in total. The largest absolute Gasteiger partial charge is 0.336 e. The molecule has 9 heteroatoms. The van der Waals surface area contributed by atoms with Crippen LogP contribution in [0.3, 0.4) is 0 Å². The SMILES string of the molecule is CC[C@H](C)c1ccc(S(=O)(=O)N2CCN([C@@H](C)C(=O)N3CCNC3=O)CC2)cc1. The van der Waals surface area contributed by atoms with Gasteiger partial charge in [-0.1, -0.05) is 26.0 Å². The maximum Gasteiger partial charge on any atom is 0.324 e. The number of piperazine rings is 1. The van der Waals surface area contributed by atoms with E-state index in [1.807, 2.05) is 17.0 Å². The van der Waals surface area contributed by atoms with Crippen LogP contribution in [-0.4, -0.2) is 79.8 Å². The number of amides is 3. The molecule has 1 aromatic carbocycles. The Labute approximate surface area is 172 Å². The first-order chi connectivity index (χ1) is 13.8. The summed E-state index contributed by atoms with van der Waals surface area (Å²) in [5.41, 5.74) is 1.13. The van der Waals surface area contributed by atoms with Crippen LogP contribution in [0.2, 0.25) is 0 Å². The van der Waals surface area contributed by atoms with Gasteiger partial charge in [-0.3, -0.25) is 14.6 Å². The molecule has 2 heterocycles. The zero-order valence-corrected chi connectivity index (χ0v) is 18.1. The number of nitrogens with one attached hydrogen (secondary N) is 1. The number of rotatable bonds is 6. The summed E-state index contributed by atoms with van der Waals surface area (Å²) in [6.45, 7) is 8.39. The molecule has 3 rings (SSSR count). The predicted molar refractivity (Wildman–Crippen MR) is 110 cm³/mol. The highest BCUT2D eigenvalue weighted by Gasteiger charge is 2.35. The smallest absolute Gasteiger partial charge is 0.324 e. The molecule has 0 aromatic heterocycles. The van der Waals surface area contributed by atoms with Crippen LogP contribution in [0, 0.1) is 0 Å². The summed E-state index contributed by atoms with van der Waals surface area (Å²) in [5.74, 6) is 0.156. The monoisotopic (exact) mass is 422 g/mol. The third kappa shape index (κ3) is 4.46. The molecule has 2 fully saturated rings. The normalized spacial score (nSPS) is 21.1. The molecular weight excluding hydrogens is 392 g/mol. The maximum atomic E-state index is 13.0. The van der Waals surface area contributed by atoms with E-state index >= 15 is 0 Å². The molecule has 1 aromatic rings. The summed E-state index contributed by atoms with van der Waals surface area (Å²) in [6.07, 6.45) is 1.00. The van der Waals surface area contributed by atoms with Crippen molar-refractivity contribution < 1.29 is 18.0 Å². The van der Waals surface area contributed by atoms with Crippen LogP contribution in [0.5, 0.6) is 0 Å². The second kappa shape index (κ2) is 8.81. The summed E-state index contributed by atoms with van der Waals surface area (Å²) in [6, 6.07) is 6.32. The topological polar surface area (TPSA) is 90.0 Å². The Kier molecular flexibility index (Phi) is 6.60. The highest BCUT2D eigenvalue weighted by molar-refractivity contribution is 7.89. The molecule has 0 bridgehead atoms. The van der Waals surface area contributed by atoms with Gasteiger partial charge in [0.25, 0.3) is 0 Å². The van der Waals surface area contributed by atoms with E-state index in [1.165, 1.54) is 9.21 Å². The fourth-order valence-corrected chi connectivity index (χ4v) is 5.17. The first kappa shape index (κ1) is 21.7. The van der Waals surface area contributed by atoms with Crippen LogP contribution < -0.4 is 5.32 Å². The molecule has 0 spiro atoms. The standard InChI is InChI=1S/C20H30N4O4S/c1-4-15(2)17-5-7-18(8-6-17)29(27,28)23-13-11-22(12-14-23)16(3)19(25)24-10-9-21-20(24)26/h5-8,15-16H,4,9-14H2,1-3H3,(H,21,26)/t15-,16-/m0/s1. The van der Waals surface area contributed by atoms with Crippen molar-refractivity contribution in [3.05, 3.63) is 29.8 Å². The van der Waals surface area contributed by atoms with Gasteiger partial charge in [0.1, 0.15) is 0 Å². The highest BCUT2D eigenvalue weighted by Crippen LogP contribution is 2.23. The Morgan fingerprint density at radius 3 is 2.21 bits per heavy atom. The van der Waals surface area contributed by atoms with Crippen molar-refractivity contribution in [2.75, 3.05) is 39.3 Å². The molecule has 2 aliphatic heterocycles. The zero-order valence-electron chi connectivity index (χ0n) is 17.3. The molecule has 0 radical (unpaired) electrons. The highest BCUT2D eigenvalue weighted by atomic mass is 32.2. The summed E-state index contributed by atoms with van der Waals surface area (Å²) in [5, 5.41) is 2.63. The number of urea groups is 1. The van der Waals surface area contributed by atoms with Crippen molar-refractivity contribution in [2.24, 2.45) is 0 Å². The predicted octanol–water partition coefficient (Wildman–Crippen LogP) is 1.45. The van der Waals surface area contributed by atoms with Crippen LogP contribution >= 0.6 is 0 Å².